The third-order valence-electron chi connectivity index (χ3n) is 6.08. The minimum atomic E-state index is -1.59. The van der Waals surface area contributed by atoms with Gasteiger partial charge in [0.2, 0.25) is 0 Å². The van der Waals surface area contributed by atoms with Gasteiger partial charge >= 0.3 is 0 Å². The van der Waals surface area contributed by atoms with Crippen LogP contribution in [0.5, 0.6) is 0 Å². The zero-order chi connectivity index (χ0) is 23.0. The van der Waals surface area contributed by atoms with Crippen LogP contribution in [0.25, 0.3) is 0 Å². The standard InChI is InChI=1S/C23H25ClF2N6/c1-23(2,25)20(22-28-32(26)29-30(22)3)18-13-31(14-18)21(16-7-9-19(24)10-8-16)17-6-4-5-15(11-17)12-27/h4-11,18,20-21,29H,13-14H2,1-3H3. The van der Waals surface area contributed by atoms with Crippen molar-refractivity contribution < 1.29 is 8.87 Å². The summed E-state index contributed by atoms with van der Waals surface area (Å²) in [5.41, 5.74) is 3.40. The van der Waals surface area contributed by atoms with E-state index >= 15 is 4.39 Å². The lowest BCUT2D eigenvalue weighted by molar-refractivity contribution is -0.0576. The molecular formula is C23H25ClF2N6. The van der Waals surface area contributed by atoms with Crippen LogP contribution in [-0.4, -0.2) is 46.9 Å². The van der Waals surface area contributed by atoms with Crippen molar-refractivity contribution in [2.45, 2.75) is 25.6 Å². The van der Waals surface area contributed by atoms with Crippen LogP contribution in [0, 0.1) is 23.2 Å². The number of halogens is 3. The monoisotopic (exact) mass is 458 g/mol. The van der Waals surface area contributed by atoms with Crippen LogP contribution in [0.3, 0.4) is 0 Å². The van der Waals surface area contributed by atoms with E-state index in [1.165, 1.54) is 18.9 Å². The summed E-state index contributed by atoms with van der Waals surface area (Å²) in [7, 11) is 1.62. The number of hydrazone groups is 1. The van der Waals surface area contributed by atoms with E-state index in [-0.39, 0.29) is 17.3 Å². The highest BCUT2D eigenvalue weighted by atomic mass is 35.5. The molecule has 1 N–H and O–H groups in total. The molecule has 0 spiro atoms. The van der Waals surface area contributed by atoms with Crippen molar-refractivity contribution >= 4 is 17.4 Å². The molecule has 168 valence electrons. The van der Waals surface area contributed by atoms with E-state index in [2.05, 4.69) is 21.6 Å². The Labute approximate surface area is 191 Å². The predicted molar refractivity (Wildman–Crippen MR) is 119 cm³/mol. The second-order valence-corrected chi connectivity index (χ2v) is 9.26. The Morgan fingerprint density at radius 2 is 1.88 bits per heavy atom. The number of hydrogen-bond donors (Lipinski definition) is 1. The summed E-state index contributed by atoms with van der Waals surface area (Å²) in [5, 5.41) is 15.4. The van der Waals surface area contributed by atoms with Gasteiger partial charge in [0.05, 0.1) is 23.6 Å². The normalized spacial score (nSPS) is 19.3. The summed E-state index contributed by atoms with van der Waals surface area (Å²) < 4.78 is 28.9. The van der Waals surface area contributed by atoms with Gasteiger partial charge in [-0.25, -0.2) is 4.39 Å². The van der Waals surface area contributed by atoms with Gasteiger partial charge in [-0.1, -0.05) is 45.9 Å². The molecule has 0 bridgehead atoms. The van der Waals surface area contributed by atoms with Gasteiger partial charge in [-0.05, 0) is 60.5 Å². The number of nitriles is 1. The Hall–Kier alpha value is -2.73. The fourth-order valence-corrected chi connectivity index (χ4v) is 4.84. The fourth-order valence-electron chi connectivity index (χ4n) is 4.71. The molecule has 2 aliphatic heterocycles. The first-order valence-electron chi connectivity index (χ1n) is 10.4. The van der Waals surface area contributed by atoms with Crippen molar-refractivity contribution in [3.05, 3.63) is 70.2 Å². The molecule has 1 saturated heterocycles. The van der Waals surface area contributed by atoms with Crippen molar-refractivity contribution in [2.75, 3.05) is 20.1 Å². The SMILES string of the molecule is CN1NN(F)N=C1C(C1CN(C(c2ccc(Cl)cc2)c2cccc(C#N)c2)C1)C(C)(C)F. The number of alkyl halides is 1. The summed E-state index contributed by atoms with van der Waals surface area (Å²) >= 11 is 6.09. The summed E-state index contributed by atoms with van der Waals surface area (Å²) in [4.78, 5) is 2.24. The summed E-state index contributed by atoms with van der Waals surface area (Å²) in [5.74, 6) is -0.314. The molecule has 2 atom stereocenters. The number of rotatable bonds is 6. The maximum atomic E-state index is 15.2. The highest BCUT2D eigenvalue weighted by molar-refractivity contribution is 6.30. The van der Waals surface area contributed by atoms with E-state index in [0.717, 1.165) is 11.1 Å². The maximum absolute atomic E-state index is 15.2. The second kappa shape index (κ2) is 8.66. The Kier molecular flexibility index (Phi) is 6.08. The molecular weight excluding hydrogens is 434 g/mol. The Morgan fingerprint density at radius 3 is 2.44 bits per heavy atom. The molecule has 0 saturated carbocycles. The highest BCUT2D eigenvalue weighted by Crippen LogP contribution is 2.42. The molecule has 9 heteroatoms. The highest BCUT2D eigenvalue weighted by Gasteiger charge is 2.49. The van der Waals surface area contributed by atoms with E-state index in [0.29, 0.717) is 29.5 Å². The number of hydrogen-bond acceptors (Lipinski definition) is 6. The van der Waals surface area contributed by atoms with Crippen LogP contribution in [0.4, 0.5) is 8.87 Å². The number of likely N-dealkylation sites (tertiary alicyclic amines) is 1. The van der Waals surface area contributed by atoms with Crippen LogP contribution in [-0.2, 0) is 0 Å². The molecule has 2 aromatic rings. The van der Waals surface area contributed by atoms with E-state index < -0.39 is 11.6 Å². The lowest BCUT2D eigenvalue weighted by Crippen LogP contribution is -2.58. The third-order valence-corrected chi connectivity index (χ3v) is 6.33. The number of hydrazine groups is 2. The van der Waals surface area contributed by atoms with E-state index in [1.807, 2.05) is 42.5 Å². The van der Waals surface area contributed by atoms with E-state index in [4.69, 9.17) is 11.6 Å². The molecule has 4 rings (SSSR count). The molecule has 6 nitrogen and oxygen atoms in total. The molecule has 2 unspecified atom stereocenters. The number of amidine groups is 1. The van der Waals surface area contributed by atoms with Crippen molar-refractivity contribution in [1.82, 2.24) is 20.8 Å². The molecule has 32 heavy (non-hydrogen) atoms. The van der Waals surface area contributed by atoms with Crippen LogP contribution >= 0.6 is 11.6 Å². The molecule has 2 heterocycles. The Bertz CT molecular complexity index is 1040. The van der Waals surface area contributed by atoms with E-state index in [9.17, 15) is 9.74 Å². The van der Waals surface area contributed by atoms with Crippen LogP contribution < -0.4 is 5.53 Å². The average molecular weight is 459 g/mol. The van der Waals surface area contributed by atoms with E-state index in [1.54, 1.807) is 13.1 Å². The van der Waals surface area contributed by atoms with Gasteiger partial charge < -0.3 is 0 Å². The zero-order valence-electron chi connectivity index (χ0n) is 18.1. The van der Waals surface area contributed by atoms with Crippen molar-refractivity contribution in [3.63, 3.8) is 0 Å². The summed E-state index contributed by atoms with van der Waals surface area (Å²) in [6.45, 7) is 4.21. The largest absolute Gasteiger partial charge is 0.292 e. The quantitative estimate of drug-likeness (QED) is 0.647. The summed E-state index contributed by atoms with van der Waals surface area (Å²) in [6.07, 6.45) is 0. The van der Waals surface area contributed by atoms with Gasteiger partial charge in [0.25, 0.3) is 0 Å². The first-order chi connectivity index (χ1) is 15.2. The van der Waals surface area contributed by atoms with Gasteiger partial charge in [0, 0.05) is 25.2 Å². The van der Waals surface area contributed by atoms with Gasteiger partial charge in [0.1, 0.15) is 5.67 Å². The van der Waals surface area contributed by atoms with Crippen molar-refractivity contribution in [2.24, 2.45) is 16.9 Å². The minimum absolute atomic E-state index is 0.0570. The molecule has 0 radical (unpaired) electrons. The molecule has 2 aromatic carbocycles. The van der Waals surface area contributed by atoms with Crippen LogP contribution in [0.1, 0.15) is 36.6 Å². The van der Waals surface area contributed by atoms with Crippen molar-refractivity contribution in [3.8, 4) is 6.07 Å². The first kappa shape index (κ1) is 22.5. The van der Waals surface area contributed by atoms with Gasteiger partial charge in [-0.2, -0.15) is 5.26 Å². The Balaban J connectivity index is 1.62. The van der Waals surface area contributed by atoms with Gasteiger partial charge in [-0.15, -0.1) is 5.10 Å². The Morgan fingerprint density at radius 1 is 1.19 bits per heavy atom. The second-order valence-electron chi connectivity index (χ2n) is 8.82. The minimum Gasteiger partial charge on any atom is -0.292 e. The number of benzene rings is 2. The molecule has 0 aliphatic carbocycles. The maximum Gasteiger partial charge on any atom is 0.151 e. The molecule has 1 fully saturated rings. The fraction of sp³-hybridized carbons (Fsp3) is 0.391. The van der Waals surface area contributed by atoms with Gasteiger partial charge in [-0.3, -0.25) is 9.91 Å². The molecule has 0 aromatic heterocycles. The third kappa shape index (κ3) is 4.42. The van der Waals surface area contributed by atoms with Crippen LogP contribution in [0.15, 0.2) is 53.6 Å². The average Bonchev–Trinajstić information content (AvgIpc) is 3.04. The zero-order valence-corrected chi connectivity index (χ0v) is 18.9. The lowest BCUT2D eigenvalue weighted by atomic mass is 9.75. The predicted octanol–water partition coefficient (Wildman–Crippen LogP) is 4.46. The number of nitrogens with one attached hydrogen (secondary N) is 1. The van der Waals surface area contributed by atoms with Crippen LogP contribution in [0.2, 0.25) is 5.02 Å². The molecule has 0 amide bonds. The summed E-state index contributed by atoms with van der Waals surface area (Å²) in [6, 6.07) is 17.2. The molecule has 2 aliphatic rings. The van der Waals surface area contributed by atoms with Gasteiger partial charge in [0.15, 0.2) is 5.84 Å². The smallest absolute Gasteiger partial charge is 0.151 e. The topological polar surface area (TPSA) is 57.9 Å². The van der Waals surface area contributed by atoms with Crippen molar-refractivity contribution in [1.29, 1.82) is 5.26 Å². The lowest BCUT2D eigenvalue weighted by Gasteiger charge is -2.49. The first-order valence-corrected chi connectivity index (χ1v) is 10.8. The number of nitrogens with zero attached hydrogens (tertiary/aromatic N) is 5.